The van der Waals surface area contributed by atoms with E-state index in [-0.39, 0.29) is 17.5 Å². The molecule has 1 aromatic rings. The predicted molar refractivity (Wildman–Crippen MR) is 84.6 cm³/mol. The van der Waals surface area contributed by atoms with Crippen molar-refractivity contribution in [3.8, 4) is 6.07 Å². The second-order valence-corrected chi connectivity index (χ2v) is 5.94. The molecule has 1 aliphatic rings. The van der Waals surface area contributed by atoms with Gasteiger partial charge in [-0.25, -0.2) is 0 Å². The number of halogens is 1. The van der Waals surface area contributed by atoms with Crippen molar-refractivity contribution in [2.24, 2.45) is 5.92 Å². The summed E-state index contributed by atoms with van der Waals surface area (Å²) in [6.45, 7) is 2.15. The molecule has 1 N–H and O–H groups in total. The first-order valence-electron chi connectivity index (χ1n) is 7.29. The van der Waals surface area contributed by atoms with Crippen LogP contribution >= 0.6 is 11.6 Å². The third-order valence-electron chi connectivity index (χ3n) is 4.00. The second-order valence-electron chi connectivity index (χ2n) is 5.53. The Kier molecular flexibility index (Phi) is 5.41. The van der Waals surface area contributed by atoms with Gasteiger partial charge in [-0.2, -0.15) is 5.26 Å². The van der Waals surface area contributed by atoms with Gasteiger partial charge in [-0.1, -0.05) is 49.6 Å². The topological polar surface area (TPSA) is 52.9 Å². The third kappa shape index (κ3) is 4.09. The number of carbonyl (C=O) groups is 1. The number of nitrogens with zero attached hydrogens (tertiary/aromatic N) is 1. The van der Waals surface area contributed by atoms with Crippen LogP contribution in [0.15, 0.2) is 29.8 Å². The summed E-state index contributed by atoms with van der Waals surface area (Å²) >= 11 is 6.06. The summed E-state index contributed by atoms with van der Waals surface area (Å²) in [5.74, 6) is 0.152. The summed E-state index contributed by atoms with van der Waals surface area (Å²) in [5.41, 5.74) is 0.781. The number of benzene rings is 1. The molecule has 0 aliphatic heterocycles. The molecule has 0 radical (unpaired) electrons. The van der Waals surface area contributed by atoms with E-state index in [2.05, 4.69) is 12.2 Å². The van der Waals surface area contributed by atoms with E-state index in [4.69, 9.17) is 11.6 Å². The monoisotopic (exact) mass is 302 g/mol. The highest BCUT2D eigenvalue weighted by Crippen LogP contribution is 2.24. The summed E-state index contributed by atoms with van der Waals surface area (Å²) in [4.78, 5) is 12.3. The third-order valence-corrected chi connectivity index (χ3v) is 4.34. The average Bonchev–Trinajstić information content (AvgIpc) is 2.48. The highest BCUT2D eigenvalue weighted by molar-refractivity contribution is 6.32. The van der Waals surface area contributed by atoms with Gasteiger partial charge in [0.15, 0.2) is 0 Å². The number of hydrogen-bond acceptors (Lipinski definition) is 2. The summed E-state index contributed by atoms with van der Waals surface area (Å²) in [6, 6.07) is 9.30. The summed E-state index contributed by atoms with van der Waals surface area (Å²) in [5, 5.41) is 12.7. The summed E-state index contributed by atoms with van der Waals surface area (Å²) in [7, 11) is 0. The van der Waals surface area contributed by atoms with Gasteiger partial charge in [-0.05, 0) is 36.5 Å². The normalized spacial score (nSPS) is 22.4. The fourth-order valence-electron chi connectivity index (χ4n) is 2.67. The van der Waals surface area contributed by atoms with Crippen LogP contribution in [0.4, 0.5) is 0 Å². The summed E-state index contributed by atoms with van der Waals surface area (Å²) < 4.78 is 0. The molecule has 0 bridgehead atoms. The Morgan fingerprint density at radius 2 is 2.10 bits per heavy atom. The lowest BCUT2D eigenvalue weighted by Gasteiger charge is -2.29. The molecule has 110 valence electrons. The molecule has 1 aromatic carbocycles. The van der Waals surface area contributed by atoms with Crippen LogP contribution in [0.1, 0.15) is 38.2 Å². The van der Waals surface area contributed by atoms with Crippen LogP contribution in [0, 0.1) is 17.2 Å². The van der Waals surface area contributed by atoms with E-state index in [9.17, 15) is 10.1 Å². The van der Waals surface area contributed by atoms with Gasteiger partial charge in [0.2, 0.25) is 0 Å². The van der Waals surface area contributed by atoms with Crippen molar-refractivity contribution in [1.82, 2.24) is 5.32 Å². The highest BCUT2D eigenvalue weighted by atomic mass is 35.5. The standard InChI is InChI=1S/C17H19ClN2O/c1-12-6-2-5-9-16(12)20-17(21)14(11-19)10-13-7-3-4-8-15(13)18/h3-4,7-8,10,12,16H,2,5-6,9H2,1H3,(H,20,21)/b14-10+/t12-,16-/m0/s1. The van der Waals surface area contributed by atoms with Crippen molar-refractivity contribution in [2.45, 2.75) is 38.6 Å². The van der Waals surface area contributed by atoms with Crippen molar-refractivity contribution < 1.29 is 4.79 Å². The highest BCUT2D eigenvalue weighted by Gasteiger charge is 2.24. The van der Waals surface area contributed by atoms with Crippen molar-refractivity contribution in [1.29, 1.82) is 5.26 Å². The Morgan fingerprint density at radius 3 is 2.76 bits per heavy atom. The molecular weight excluding hydrogens is 284 g/mol. The lowest BCUT2D eigenvalue weighted by atomic mass is 9.86. The van der Waals surface area contributed by atoms with E-state index in [0.717, 1.165) is 19.3 Å². The van der Waals surface area contributed by atoms with Gasteiger partial charge in [0.25, 0.3) is 5.91 Å². The van der Waals surface area contributed by atoms with Gasteiger partial charge < -0.3 is 5.32 Å². The molecule has 0 saturated heterocycles. The van der Waals surface area contributed by atoms with Crippen LogP contribution in [0.3, 0.4) is 0 Å². The van der Waals surface area contributed by atoms with Gasteiger partial charge >= 0.3 is 0 Å². The largest absolute Gasteiger partial charge is 0.348 e. The van der Waals surface area contributed by atoms with E-state index in [0.29, 0.717) is 16.5 Å². The number of nitrogens with one attached hydrogen (secondary N) is 1. The molecule has 21 heavy (non-hydrogen) atoms. The molecule has 3 nitrogen and oxygen atoms in total. The molecule has 2 atom stereocenters. The van der Waals surface area contributed by atoms with E-state index >= 15 is 0 Å². The molecule has 1 aliphatic carbocycles. The lowest BCUT2D eigenvalue weighted by molar-refractivity contribution is -0.118. The Bertz CT molecular complexity index is 589. The maximum atomic E-state index is 12.3. The number of rotatable bonds is 3. The van der Waals surface area contributed by atoms with E-state index in [1.54, 1.807) is 18.2 Å². The minimum Gasteiger partial charge on any atom is -0.348 e. The molecule has 1 amide bonds. The Labute approximate surface area is 130 Å². The molecule has 0 unspecified atom stereocenters. The molecule has 0 aromatic heterocycles. The first-order chi connectivity index (χ1) is 10.1. The Balaban J connectivity index is 2.12. The second kappa shape index (κ2) is 7.28. The Morgan fingerprint density at radius 1 is 1.38 bits per heavy atom. The van der Waals surface area contributed by atoms with Crippen molar-refractivity contribution >= 4 is 23.6 Å². The Hall–Kier alpha value is -1.79. The fraction of sp³-hybridized carbons (Fsp3) is 0.412. The first kappa shape index (κ1) is 15.6. The van der Waals surface area contributed by atoms with Gasteiger partial charge in [0.1, 0.15) is 11.6 Å². The molecule has 0 heterocycles. The first-order valence-corrected chi connectivity index (χ1v) is 7.67. The maximum Gasteiger partial charge on any atom is 0.262 e. The zero-order chi connectivity index (χ0) is 15.2. The minimum atomic E-state index is -0.309. The fourth-order valence-corrected chi connectivity index (χ4v) is 2.86. The van der Waals surface area contributed by atoms with Crippen LogP contribution in [0.2, 0.25) is 5.02 Å². The zero-order valence-corrected chi connectivity index (χ0v) is 12.9. The van der Waals surface area contributed by atoms with Crippen molar-refractivity contribution in [2.75, 3.05) is 0 Å². The quantitative estimate of drug-likeness (QED) is 0.679. The zero-order valence-electron chi connectivity index (χ0n) is 12.1. The van der Waals surface area contributed by atoms with Crippen LogP contribution in [0.5, 0.6) is 0 Å². The molecule has 1 fully saturated rings. The maximum absolute atomic E-state index is 12.3. The molecule has 4 heteroatoms. The minimum absolute atomic E-state index is 0.0980. The van der Waals surface area contributed by atoms with E-state index < -0.39 is 0 Å². The molecule has 2 rings (SSSR count). The smallest absolute Gasteiger partial charge is 0.262 e. The number of hydrogen-bond donors (Lipinski definition) is 1. The average molecular weight is 303 g/mol. The molecular formula is C17H19ClN2O. The summed E-state index contributed by atoms with van der Waals surface area (Å²) in [6.07, 6.45) is 6.00. The molecule has 0 spiro atoms. The van der Waals surface area contributed by atoms with Crippen LogP contribution in [0.25, 0.3) is 6.08 Å². The number of amides is 1. The number of carbonyl (C=O) groups excluding carboxylic acids is 1. The van der Waals surface area contributed by atoms with Crippen LogP contribution in [-0.2, 0) is 4.79 Å². The van der Waals surface area contributed by atoms with Gasteiger partial charge in [-0.15, -0.1) is 0 Å². The number of nitriles is 1. The van der Waals surface area contributed by atoms with Gasteiger partial charge in [-0.3, -0.25) is 4.79 Å². The van der Waals surface area contributed by atoms with E-state index in [1.165, 1.54) is 6.42 Å². The van der Waals surface area contributed by atoms with Crippen molar-refractivity contribution in [3.63, 3.8) is 0 Å². The van der Waals surface area contributed by atoms with Crippen LogP contribution in [-0.4, -0.2) is 11.9 Å². The van der Waals surface area contributed by atoms with Crippen LogP contribution < -0.4 is 5.32 Å². The molecule has 1 saturated carbocycles. The SMILES string of the molecule is C[C@H]1CCCC[C@@H]1NC(=O)/C(C#N)=C/c1ccccc1Cl. The lowest BCUT2D eigenvalue weighted by Crippen LogP contribution is -2.41. The predicted octanol–water partition coefficient (Wildman–Crippen LogP) is 3.94. The van der Waals surface area contributed by atoms with Gasteiger partial charge in [0, 0.05) is 11.1 Å². The van der Waals surface area contributed by atoms with Gasteiger partial charge in [0.05, 0.1) is 0 Å². The van der Waals surface area contributed by atoms with Crippen molar-refractivity contribution in [3.05, 3.63) is 40.4 Å². The van der Waals surface area contributed by atoms with E-state index in [1.807, 2.05) is 18.2 Å².